The molecule has 1 aromatic carbocycles. The minimum Gasteiger partial charge on any atom is -0.444 e. The SMILES string of the molecule is CN([C@H]1CCCN(C(=O)OC(C)(C)C)C1)S(=O)(=O)Cc1ccc(Cl)c(Cl)c1. The van der Waals surface area contributed by atoms with Gasteiger partial charge in [0.05, 0.1) is 15.8 Å². The molecule has 0 bridgehead atoms. The lowest BCUT2D eigenvalue weighted by Crippen LogP contribution is -2.51. The molecule has 27 heavy (non-hydrogen) atoms. The summed E-state index contributed by atoms with van der Waals surface area (Å²) < 4.78 is 32.4. The number of benzene rings is 1. The van der Waals surface area contributed by atoms with Crippen LogP contribution in [0.5, 0.6) is 0 Å². The van der Waals surface area contributed by atoms with Gasteiger partial charge in [-0.3, -0.25) is 0 Å². The number of halogens is 2. The Kier molecular flexibility index (Phi) is 7.06. The maximum absolute atomic E-state index is 12.8. The third-order valence-corrected chi connectivity index (χ3v) is 6.95. The zero-order valence-electron chi connectivity index (χ0n) is 16.0. The number of likely N-dealkylation sites (tertiary alicyclic amines) is 1. The van der Waals surface area contributed by atoms with Crippen molar-refractivity contribution >= 4 is 39.3 Å². The summed E-state index contributed by atoms with van der Waals surface area (Å²) in [5, 5.41) is 0.701. The van der Waals surface area contributed by atoms with Crippen molar-refractivity contribution in [2.24, 2.45) is 0 Å². The van der Waals surface area contributed by atoms with Crippen LogP contribution >= 0.6 is 23.2 Å². The van der Waals surface area contributed by atoms with E-state index in [-0.39, 0.29) is 11.8 Å². The maximum atomic E-state index is 12.8. The molecule has 1 atom stereocenters. The fraction of sp³-hybridized carbons (Fsp3) is 0.611. The van der Waals surface area contributed by atoms with Crippen LogP contribution in [0, 0.1) is 0 Å². The smallest absolute Gasteiger partial charge is 0.410 e. The molecule has 0 spiro atoms. The Morgan fingerprint density at radius 1 is 1.30 bits per heavy atom. The van der Waals surface area contributed by atoms with Gasteiger partial charge in [0.15, 0.2) is 0 Å². The molecule has 1 aliphatic heterocycles. The van der Waals surface area contributed by atoms with Crippen LogP contribution in [0.3, 0.4) is 0 Å². The van der Waals surface area contributed by atoms with Crippen molar-refractivity contribution in [2.45, 2.75) is 51.0 Å². The molecular formula is C18H26Cl2N2O4S. The highest BCUT2D eigenvalue weighted by molar-refractivity contribution is 7.88. The summed E-state index contributed by atoms with van der Waals surface area (Å²) in [4.78, 5) is 13.9. The summed E-state index contributed by atoms with van der Waals surface area (Å²) in [7, 11) is -2.02. The average molecular weight is 437 g/mol. The molecule has 1 aromatic rings. The summed E-state index contributed by atoms with van der Waals surface area (Å²) in [6.07, 6.45) is 0.995. The van der Waals surface area contributed by atoms with Crippen LogP contribution < -0.4 is 0 Å². The number of nitrogens with zero attached hydrogens (tertiary/aromatic N) is 2. The molecule has 1 heterocycles. The van der Waals surface area contributed by atoms with Gasteiger partial charge < -0.3 is 9.64 Å². The number of rotatable bonds is 4. The van der Waals surface area contributed by atoms with Gasteiger partial charge >= 0.3 is 6.09 Å². The van der Waals surface area contributed by atoms with Crippen LogP contribution in [-0.2, 0) is 20.5 Å². The summed E-state index contributed by atoms with van der Waals surface area (Å²) >= 11 is 11.9. The molecule has 0 radical (unpaired) electrons. The van der Waals surface area contributed by atoms with Crippen molar-refractivity contribution < 1.29 is 17.9 Å². The summed E-state index contributed by atoms with van der Waals surface area (Å²) in [5.41, 5.74) is -0.0216. The molecule has 1 fully saturated rings. The molecule has 152 valence electrons. The molecular weight excluding hydrogens is 411 g/mol. The summed E-state index contributed by atoms with van der Waals surface area (Å²) in [5.74, 6) is -0.177. The Morgan fingerprint density at radius 3 is 2.56 bits per heavy atom. The third kappa shape index (κ3) is 6.24. The number of likely N-dealkylation sites (N-methyl/N-ethyl adjacent to an activating group) is 1. The highest BCUT2D eigenvalue weighted by Gasteiger charge is 2.33. The lowest BCUT2D eigenvalue weighted by Gasteiger charge is -2.37. The Bertz CT molecular complexity index is 793. The minimum atomic E-state index is -3.57. The molecule has 9 heteroatoms. The van der Waals surface area contributed by atoms with E-state index in [1.165, 1.54) is 4.31 Å². The predicted octanol–water partition coefficient (Wildman–Crippen LogP) is 4.15. The van der Waals surface area contributed by atoms with Gasteiger partial charge in [0, 0.05) is 26.2 Å². The number of carbonyl (C=O) groups is 1. The van der Waals surface area contributed by atoms with Crippen LogP contribution in [0.4, 0.5) is 4.79 Å². The molecule has 1 saturated heterocycles. The fourth-order valence-electron chi connectivity index (χ4n) is 2.91. The summed E-state index contributed by atoms with van der Waals surface area (Å²) in [6.45, 7) is 6.29. The lowest BCUT2D eigenvalue weighted by molar-refractivity contribution is 0.0163. The molecule has 0 N–H and O–H groups in total. The highest BCUT2D eigenvalue weighted by atomic mass is 35.5. The average Bonchev–Trinajstić information content (AvgIpc) is 2.56. The Morgan fingerprint density at radius 2 is 1.96 bits per heavy atom. The number of amides is 1. The van der Waals surface area contributed by atoms with Crippen LogP contribution in [0.15, 0.2) is 18.2 Å². The van der Waals surface area contributed by atoms with E-state index in [0.29, 0.717) is 35.1 Å². The van der Waals surface area contributed by atoms with Crippen molar-refractivity contribution in [3.63, 3.8) is 0 Å². The van der Waals surface area contributed by atoms with Gasteiger partial charge in [0.1, 0.15) is 5.60 Å². The van der Waals surface area contributed by atoms with Crippen LogP contribution in [-0.4, -0.2) is 55.5 Å². The van der Waals surface area contributed by atoms with Crippen molar-refractivity contribution in [1.82, 2.24) is 9.21 Å². The van der Waals surface area contributed by atoms with Gasteiger partial charge in [-0.25, -0.2) is 13.2 Å². The van der Waals surface area contributed by atoms with E-state index in [4.69, 9.17) is 27.9 Å². The monoisotopic (exact) mass is 436 g/mol. The highest BCUT2D eigenvalue weighted by Crippen LogP contribution is 2.25. The van der Waals surface area contributed by atoms with Crippen molar-refractivity contribution in [2.75, 3.05) is 20.1 Å². The van der Waals surface area contributed by atoms with Gasteiger partial charge in [-0.1, -0.05) is 29.3 Å². The van der Waals surface area contributed by atoms with Gasteiger partial charge in [0.2, 0.25) is 10.0 Å². The Labute approximate surface area is 171 Å². The molecule has 1 aliphatic rings. The van der Waals surface area contributed by atoms with E-state index in [0.717, 1.165) is 6.42 Å². The van der Waals surface area contributed by atoms with E-state index >= 15 is 0 Å². The van der Waals surface area contributed by atoms with Gasteiger partial charge in [-0.05, 0) is 51.3 Å². The molecule has 1 amide bonds. The number of carbonyl (C=O) groups excluding carboxylic acids is 1. The predicted molar refractivity (Wildman–Crippen MR) is 108 cm³/mol. The Balaban J connectivity index is 2.07. The summed E-state index contributed by atoms with van der Waals surface area (Å²) in [6, 6.07) is 4.50. The first-order valence-corrected chi connectivity index (χ1v) is 11.1. The topological polar surface area (TPSA) is 66.9 Å². The van der Waals surface area contributed by atoms with E-state index in [1.807, 2.05) is 0 Å². The van der Waals surface area contributed by atoms with Crippen molar-refractivity contribution in [3.8, 4) is 0 Å². The van der Waals surface area contributed by atoms with E-state index < -0.39 is 21.7 Å². The molecule has 2 rings (SSSR count). The molecule has 0 saturated carbocycles. The molecule has 0 aliphatic carbocycles. The van der Waals surface area contributed by atoms with Gasteiger partial charge in [-0.2, -0.15) is 4.31 Å². The lowest BCUT2D eigenvalue weighted by atomic mass is 10.1. The second-order valence-corrected chi connectivity index (χ2v) is 10.6. The van der Waals surface area contributed by atoms with Crippen LogP contribution in [0.25, 0.3) is 0 Å². The zero-order chi connectivity index (χ0) is 20.4. The zero-order valence-corrected chi connectivity index (χ0v) is 18.4. The minimum absolute atomic E-state index is 0.177. The molecule has 0 aromatic heterocycles. The third-order valence-electron chi connectivity index (χ3n) is 4.33. The normalized spacial score (nSPS) is 18.6. The van der Waals surface area contributed by atoms with Gasteiger partial charge in [0.25, 0.3) is 0 Å². The standard InChI is InChI=1S/C18H26Cl2N2O4S/c1-18(2,3)26-17(23)22-9-5-6-14(11-22)21(4)27(24,25)12-13-7-8-15(19)16(20)10-13/h7-8,10,14H,5-6,9,11-12H2,1-4H3/t14-/m0/s1. The van der Waals surface area contributed by atoms with Crippen LogP contribution in [0.1, 0.15) is 39.2 Å². The Hall–Kier alpha value is -1.02. The first-order valence-electron chi connectivity index (χ1n) is 8.76. The number of ether oxygens (including phenoxy) is 1. The maximum Gasteiger partial charge on any atom is 0.410 e. The van der Waals surface area contributed by atoms with Crippen molar-refractivity contribution in [3.05, 3.63) is 33.8 Å². The molecule has 6 nitrogen and oxygen atoms in total. The van der Waals surface area contributed by atoms with E-state index in [9.17, 15) is 13.2 Å². The fourth-order valence-corrected chi connectivity index (χ4v) is 4.66. The number of piperidine rings is 1. The number of sulfonamides is 1. The van der Waals surface area contributed by atoms with Crippen molar-refractivity contribution in [1.29, 1.82) is 0 Å². The number of hydrogen-bond acceptors (Lipinski definition) is 4. The van der Waals surface area contributed by atoms with E-state index in [2.05, 4.69) is 0 Å². The quantitative estimate of drug-likeness (QED) is 0.710. The number of hydrogen-bond donors (Lipinski definition) is 0. The second kappa shape index (κ2) is 8.55. The largest absolute Gasteiger partial charge is 0.444 e. The second-order valence-electron chi connectivity index (χ2n) is 7.74. The first-order chi connectivity index (χ1) is 12.4. The van der Waals surface area contributed by atoms with E-state index in [1.54, 1.807) is 50.9 Å². The first kappa shape index (κ1) is 22.3. The molecule has 0 unspecified atom stereocenters. The van der Waals surface area contributed by atoms with Gasteiger partial charge in [-0.15, -0.1) is 0 Å². The van der Waals surface area contributed by atoms with Crippen LogP contribution in [0.2, 0.25) is 10.0 Å².